The van der Waals surface area contributed by atoms with E-state index in [2.05, 4.69) is 0 Å². The van der Waals surface area contributed by atoms with Gasteiger partial charge in [-0.3, -0.25) is 0 Å². The number of hydrogen-bond acceptors (Lipinski definition) is 1. The number of rotatable bonds is 0. The fourth-order valence-electron chi connectivity index (χ4n) is 0. The molecule has 0 aromatic heterocycles. The van der Waals surface area contributed by atoms with Crippen molar-refractivity contribution in [1.29, 1.82) is 0 Å². The molecular formula is CH2ErO3. The van der Waals surface area contributed by atoms with Gasteiger partial charge in [0, 0.05) is 37.3 Å². The Morgan fingerprint density at radius 3 is 1.40 bits per heavy atom. The molecule has 0 bridgehead atoms. The minimum Gasteiger partial charge on any atom is -0.450 e. The molecule has 0 heterocycles. The molecular weight excluding hydrogens is 227 g/mol. The van der Waals surface area contributed by atoms with Crippen LogP contribution in [0.3, 0.4) is 0 Å². The third-order valence-electron chi connectivity index (χ3n) is 0. The van der Waals surface area contributed by atoms with Crippen LogP contribution < -0.4 is 0 Å². The minimum atomic E-state index is -1.83. The fourth-order valence-corrected chi connectivity index (χ4v) is 0. The van der Waals surface area contributed by atoms with Crippen LogP contribution in [0.4, 0.5) is 4.79 Å². The second-order valence-electron chi connectivity index (χ2n) is 0.283. The zero-order valence-electron chi connectivity index (χ0n) is 2.09. The van der Waals surface area contributed by atoms with Crippen LogP contribution in [0.25, 0.3) is 0 Å². The van der Waals surface area contributed by atoms with Crippen LogP contribution in [0.1, 0.15) is 0 Å². The zero-order valence-corrected chi connectivity index (χ0v) is 3.94. The van der Waals surface area contributed by atoms with Gasteiger partial charge in [0.2, 0.25) is 0 Å². The Hall–Kier alpha value is 0.517. The Morgan fingerprint density at radius 1 is 1.40 bits per heavy atom. The van der Waals surface area contributed by atoms with Crippen LogP contribution in [-0.4, -0.2) is 16.4 Å². The first-order valence-corrected chi connectivity index (χ1v) is 0.651. The van der Waals surface area contributed by atoms with E-state index < -0.39 is 6.16 Å². The summed E-state index contributed by atoms with van der Waals surface area (Å²) in [5, 5.41) is 13.9. The van der Waals surface area contributed by atoms with Gasteiger partial charge in [-0.15, -0.1) is 0 Å². The molecule has 0 saturated heterocycles. The topological polar surface area (TPSA) is 57.5 Å². The van der Waals surface area contributed by atoms with E-state index in [1.807, 2.05) is 0 Å². The summed E-state index contributed by atoms with van der Waals surface area (Å²) in [5.74, 6) is 0. The fraction of sp³-hybridized carbons (Fsp3) is 0. The van der Waals surface area contributed by atoms with Crippen molar-refractivity contribution in [3.63, 3.8) is 0 Å². The van der Waals surface area contributed by atoms with Gasteiger partial charge in [0.15, 0.2) is 0 Å². The molecule has 0 atom stereocenters. The predicted octanol–water partition coefficient (Wildman–Crippen LogP) is 0.222. The molecule has 0 spiro atoms. The molecule has 0 rings (SSSR count). The van der Waals surface area contributed by atoms with E-state index in [1.54, 1.807) is 0 Å². The van der Waals surface area contributed by atoms with E-state index in [-0.39, 0.29) is 37.3 Å². The molecule has 5 heavy (non-hydrogen) atoms. The SMILES string of the molecule is O=C(O)O.[Er]. The van der Waals surface area contributed by atoms with Crippen molar-refractivity contribution < 1.29 is 52.3 Å². The zero-order chi connectivity index (χ0) is 3.58. The van der Waals surface area contributed by atoms with Crippen LogP contribution in [0.15, 0.2) is 0 Å². The third kappa shape index (κ3) is 107. The molecule has 36 valence electrons. The van der Waals surface area contributed by atoms with E-state index in [0.29, 0.717) is 0 Å². The van der Waals surface area contributed by atoms with Crippen molar-refractivity contribution >= 4 is 6.16 Å². The summed E-state index contributed by atoms with van der Waals surface area (Å²) >= 11 is 0. The van der Waals surface area contributed by atoms with E-state index in [0.717, 1.165) is 0 Å². The molecule has 0 aliphatic carbocycles. The van der Waals surface area contributed by atoms with E-state index in [9.17, 15) is 0 Å². The molecule has 0 radical (unpaired) electrons. The minimum absolute atomic E-state index is 0. The van der Waals surface area contributed by atoms with Crippen molar-refractivity contribution in [2.75, 3.05) is 0 Å². The largest absolute Gasteiger partial charge is 0.503 e. The summed E-state index contributed by atoms with van der Waals surface area (Å²) in [7, 11) is 0. The molecule has 0 aliphatic heterocycles. The molecule has 2 N–H and O–H groups in total. The van der Waals surface area contributed by atoms with Crippen molar-refractivity contribution in [1.82, 2.24) is 0 Å². The molecule has 0 aliphatic rings. The summed E-state index contributed by atoms with van der Waals surface area (Å²) in [6.45, 7) is 0. The average molecular weight is 229 g/mol. The molecule has 0 fully saturated rings. The predicted molar refractivity (Wildman–Crippen MR) is 10.7 cm³/mol. The quantitative estimate of drug-likeness (QED) is 0.625. The number of carboxylic acid groups (broad SMARTS) is 2. The van der Waals surface area contributed by atoms with Gasteiger partial charge in [0.05, 0.1) is 0 Å². The van der Waals surface area contributed by atoms with Crippen molar-refractivity contribution in [2.45, 2.75) is 0 Å². The van der Waals surface area contributed by atoms with Crippen molar-refractivity contribution in [3.8, 4) is 0 Å². The number of carbonyl (C=O) groups is 1. The van der Waals surface area contributed by atoms with Crippen molar-refractivity contribution in [3.05, 3.63) is 0 Å². The monoisotopic (exact) mass is 228 g/mol. The van der Waals surface area contributed by atoms with E-state index in [4.69, 9.17) is 15.0 Å². The molecule has 0 unspecified atom stereocenters. The Balaban J connectivity index is 0. The Bertz CT molecular complexity index is 29.9. The molecule has 4 heteroatoms. The third-order valence-corrected chi connectivity index (χ3v) is 0. The van der Waals surface area contributed by atoms with E-state index >= 15 is 0 Å². The maximum Gasteiger partial charge on any atom is 0.503 e. The molecule has 0 amide bonds. The smallest absolute Gasteiger partial charge is 0.450 e. The van der Waals surface area contributed by atoms with Gasteiger partial charge in [0.1, 0.15) is 0 Å². The first-order valence-electron chi connectivity index (χ1n) is 0.651. The average Bonchev–Trinajstić information content (AvgIpc) is 0.811. The van der Waals surface area contributed by atoms with Gasteiger partial charge >= 0.3 is 6.16 Å². The van der Waals surface area contributed by atoms with Gasteiger partial charge in [-0.2, -0.15) is 0 Å². The summed E-state index contributed by atoms with van der Waals surface area (Å²) in [4.78, 5) is 8.56. The summed E-state index contributed by atoms with van der Waals surface area (Å²) in [6, 6.07) is 0. The molecule has 3 nitrogen and oxygen atoms in total. The normalized spacial score (nSPS) is 4.80. The second-order valence-corrected chi connectivity index (χ2v) is 0.283. The van der Waals surface area contributed by atoms with Gasteiger partial charge < -0.3 is 10.2 Å². The van der Waals surface area contributed by atoms with Crippen LogP contribution in [0, 0.1) is 37.3 Å². The maximum atomic E-state index is 8.56. The Kier molecular flexibility index (Phi) is 8.22. The van der Waals surface area contributed by atoms with Crippen LogP contribution in [-0.2, 0) is 0 Å². The molecule has 0 aromatic rings. The second kappa shape index (κ2) is 4.52. The van der Waals surface area contributed by atoms with Gasteiger partial charge in [-0.25, -0.2) is 4.79 Å². The van der Waals surface area contributed by atoms with Gasteiger partial charge in [-0.05, 0) is 0 Å². The maximum absolute atomic E-state index is 8.56. The van der Waals surface area contributed by atoms with Crippen LogP contribution >= 0.6 is 0 Å². The van der Waals surface area contributed by atoms with Gasteiger partial charge in [-0.1, -0.05) is 0 Å². The standard InChI is InChI=1S/CH2O3.Er/c2-1(3)4;/h(H2,2,3,4);. The van der Waals surface area contributed by atoms with Gasteiger partial charge in [0.25, 0.3) is 0 Å². The van der Waals surface area contributed by atoms with Crippen molar-refractivity contribution in [2.24, 2.45) is 0 Å². The summed E-state index contributed by atoms with van der Waals surface area (Å²) in [6.07, 6.45) is -1.83. The molecule has 0 saturated carbocycles. The Morgan fingerprint density at radius 2 is 1.40 bits per heavy atom. The first kappa shape index (κ1) is 9.10. The molecule has 0 aromatic carbocycles. The van der Waals surface area contributed by atoms with Crippen LogP contribution in [0.5, 0.6) is 0 Å². The number of hydrogen-bond donors (Lipinski definition) is 2. The summed E-state index contributed by atoms with van der Waals surface area (Å²) < 4.78 is 0. The first-order chi connectivity index (χ1) is 1.73. The van der Waals surface area contributed by atoms with Crippen LogP contribution in [0.2, 0.25) is 0 Å². The van der Waals surface area contributed by atoms with E-state index in [1.165, 1.54) is 0 Å². The Labute approximate surface area is 58.2 Å². The summed E-state index contributed by atoms with van der Waals surface area (Å²) in [5.41, 5.74) is 0.